The van der Waals surface area contributed by atoms with Gasteiger partial charge < -0.3 is 10.2 Å². The lowest BCUT2D eigenvalue weighted by Gasteiger charge is -2.13. The van der Waals surface area contributed by atoms with Gasteiger partial charge in [-0.2, -0.15) is 0 Å². The Balaban J connectivity index is 1.95. The zero-order chi connectivity index (χ0) is 17.1. The highest BCUT2D eigenvalue weighted by molar-refractivity contribution is 5.95. The van der Waals surface area contributed by atoms with Gasteiger partial charge in [-0.05, 0) is 48.9 Å². The van der Waals surface area contributed by atoms with Crippen molar-refractivity contribution in [3.8, 4) is 0 Å². The number of hydrogen-bond donors (Lipinski definition) is 1. The summed E-state index contributed by atoms with van der Waals surface area (Å²) in [7, 11) is 0. The molecule has 4 nitrogen and oxygen atoms in total. The molecule has 0 aliphatic rings. The Bertz CT molecular complexity index is 873. The van der Waals surface area contributed by atoms with Crippen LogP contribution in [0.2, 0.25) is 0 Å². The standard InChI is InChI=1S/C18H16F2N2O2/c1-2-24-18(23)17-10-13-9-15(20)7-8-16(13)22(17)21-11-12-3-5-14(19)6-4-12/h3-10,21H,2,11H2,1H3. The fourth-order valence-corrected chi connectivity index (χ4v) is 2.48. The van der Waals surface area contributed by atoms with Crippen molar-refractivity contribution in [3.63, 3.8) is 0 Å². The normalized spacial score (nSPS) is 10.8. The number of halogens is 2. The third kappa shape index (κ3) is 3.22. The van der Waals surface area contributed by atoms with Gasteiger partial charge in [0.2, 0.25) is 0 Å². The van der Waals surface area contributed by atoms with Crippen LogP contribution < -0.4 is 5.43 Å². The van der Waals surface area contributed by atoms with Crippen molar-refractivity contribution < 1.29 is 18.3 Å². The molecular formula is C18H16F2N2O2. The van der Waals surface area contributed by atoms with Gasteiger partial charge in [-0.1, -0.05) is 12.1 Å². The van der Waals surface area contributed by atoms with Crippen molar-refractivity contribution in [2.24, 2.45) is 0 Å². The first-order chi connectivity index (χ1) is 11.6. The molecule has 2 aromatic carbocycles. The highest BCUT2D eigenvalue weighted by Gasteiger charge is 2.17. The molecule has 3 aromatic rings. The fourth-order valence-electron chi connectivity index (χ4n) is 2.48. The molecule has 0 unspecified atom stereocenters. The third-order valence-electron chi connectivity index (χ3n) is 3.60. The number of carbonyl (C=O) groups excluding carboxylic acids is 1. The Morgan fingerprint density at radius 2 is 1.79 bits per heavy atom. The van der Waals surface area contributed by atoms with Gasteiger partial charge in [0, 0.05) is 5.39 Å². The number of hydrogen-bond acceptors (Lipinski definition) is 3. The summed E-state index contributed by atoms with van der Waals surface area (Å²) >= 11 is 0. The van der Waals surface area contributed by atoms with Crippen LogP contribution in [0.4, 0.5) is 8.78 Å². The predicted molar refractivity (Wildman–Crippen MR) is 87.3 cm³/mol. The van der Waals surface area contributed by atoms with Crippen LogP contribution in [-0.4, -0.2) is 17.3 Å². The van der Waals surface area contributed by atoms with E-state index in [1.54, 1.807) is 35.9 Å². The Hall–Kier alpha value is -2.89. The first kappa shape index (κ1) is 16.0. The van der Waals surface area contributed by atoms with E-state index in [9.17, 15) is 13.6 Å². The van der Waals surface area contributed by atoms with Crippen molar-refractivity contribution in [2.75, 3.05) is 12.0 Å². The second-order valence-electron chi connectivity index (χ2n) is 5.25. The molecule has 124 valence electrons. The van der Waals surface area contributed by atoms with E-state index in [0.717, 1.165) is 5.56 Å². The van der Waals surface area contributed by atoms with Gasteiger partial charge in [0.15, 0.2) is 0 Å². The number of rotatable bonds is 5. The van der Waals surface area contributed by atoms with Crippen LogP contribution in [0.15, 0.2) is 48.5 Å². The van der Waals surface area contributed by atoms with Crippen molar-refractivity contribution >= 4 is 16.9 Å². The molecule has 0 radical (unpaired) electrons. The van der Waals surface area contributed by atoms with E-state index < -0.39 is 5.97 Å². The average Bonchev–Trinajstić information content (AvgIpc) is 2.92. The SMILES string of the molecule is CCOC(=O)c1cc2cc(F)ccc2n1NCc1ccc(F)cc1. The minimum Gasteiger partial charge on any atom is -0.461 e. The molecule has 0 spiro atoms. The van der Waals surface area contributed by atoms with Crippen LogP contribution in [0.5, 0.6) is 0 Å². The maximum Gasteiger partial charge on any atom is 0.356 e. The van der Waals surface area contributed by atoms with E-state index in [4.69, 9.17) is 4.74 Å². The summed E-state index contributed by atoms with van der Waals surface area (Å²) in [4.78, 5) is 12.1. The van der Waals surface area contributed by atoms with Crippen molar-refractivity contribution in [1.29, 1.82) is 0 Å². The number of nitrogens with one attached hydrogen (secondary N) is 1. The number of carbonyl (C=O) groups is 1. The van der Waals surface area contributed by atoms with Gasteiger partial charge in [0.25, 0.3) is 0 Å². The number of esters is 1. The Morgan fingerprint density at radius 1 is 1.08 bits per heavy atom. The summed E-state index contributed by atoms with van der Waals surface area (Å²) in [6.45, 7) is 2.33. The quantitative estimate of drug-likeness (QED) is 0.723. The molecule has 0 saturated heterocycles. The molecule has 0 aliphatic heterocycles. The molecule has 1 heterocycles. The van der Waals surface area contributed by atoms with Gasteiger partial charge in [-0.15, -0.1) is 0 Å². The molecule has 0 fully saturated rings. The van der Waals surface area contributed by atoms with Crippen LogP contribution in [0.25, 0.3) is 10.9 Å². The fraction of sp³-hybridized carbons (Fsp3) is 0.167. The molecule has 0 bridgehead atoms. The number of fused-ring (bicyclic) bond motifs is 1. The summed E-state index contributed by atoms with van der Waals surface area (Å²) in [6.07, 6.45) is 0. The summed E-state index contributed by atoms with van der Waals surface area (Å²) in [5.74, 6) is -1.19. The maximum absolute atomic E-state index is 13.4. The first-order valence-corrected chi connectivity index (χ1v) is 7.55. The number of ether oxygens (including phenoxy) is 1. The minimum atomic E-state index is -0.499. The van der Waals surface area contributed by atoms with Gasteiger partial charge in [-0.25, -0.2) is 13.6 Å². The van der Waals surface area contributed by atoms with Gasteiger partial charge in [0.05, 0.1) is 18.7 Å². The zero-order valence-electron chi connectivity index (χ0n) is 13.1. The molecule has 6 heteroatoms. The van der Waals surface area contributed by atoms with Gasteiger partial charge >= 0.3 is 5.97 Å². The lowest BCUT2D eigenvalue weighted by Crippen LogP contribution is -2.20. The monoisotopic (exact) mass is 330 g/mol. The Morgan fingerprint density at radius 3 is 2.50 bits per heavy atom. The van der Waals surface area contributed by atoms with E-state index in [1.165, 1.54) is 24.3 Å². The van der Waals surface area contributed by atoms with Crippen LogP contribution in [-0.2, 0) is 11.3 Å². The molecule has 0 aliphatic carbocycles. The lowest BCUT2D eigenvalue weighted by atomic mass is 10.2. The summed E-state index contributed by atoms with van der Waals surface area (Å²) in [5, 5.41) is 0.588. The van der Waals surface area contributed by atoms with Crippen LogP contribution >= 0.6 is 0 Å². The second kappa shape index (κ2) is 6.70. The molecule has 3 rings (SSSR count). The van der Waals surface area contributed by atoms with Crippen molar-refractivity contribution in [2.45, 2.75) is 13.5 Å². The van der Waals surface area contributed by atoms with Crippen LogP contribution in [0.3, 0.4) is 0 Å². The molecule has 24 heavy (non-hydrogen) atoms. The summed E-state index contributed by atoms with van der Waals surface area (Å²) < 4.78 is 33.0. The van der Waals surface area contributed by atoms with E-state index >= 15 is 0 Å². The van der Waals surface area contributed by atoms with Crippen molar-refractivity contribution in [1.82, 2.24) is 4.68 Å². The molecular weight excluding hydrogens is 314 g/mol. The van der Waals surface area contributed by atoms with Crippen LogP contribution in [0, 0.1) is 11.6 Å². The second-order valence-corrected chi connectivity index (χ2v) is 5.25. The van der Waals surface area contributed by atoms with Gasteiger partial charge in [-0.3, -0.25) is 4.68 Å². The topological polar surface area (TPSA) is 43.3 Å². The Kier molecular flexibility index (Phi) is 4.46. The third-order valence-corrected chi connectivity index (χ3v) is 3.60. The highest BCUT2D eigenvalue weighted by atomic mass is 19.1. The highest BCUT2D eigenvalue weighted by Crippen LogP contribution is 2.21. The largest absolute Gasteiger partial charge is 0.461 e. The van der Waals surface area contributed by atoms with E-state index in [-0.39, 0.29) is 23.9 Å². The van der Waals surface area contributed by atoms with Crippen molar-refractivity contribution in [3.05, 3.63) is 71.4 Å². The predicted octanol–water partition coefficient (Wildman–Crippen LogP) is 3.84. The average molecular weight is 330 g/mol. The smallest absolute Gasteiger partial charge is 0.356 e. The minimum absolute atomic E-state index is 0.243. The lowest BCUT2D eigenvalue weighted by molar-refractivity contribution is 0.0516. The zero-order valence-corrected chi connectivity index (χ0v) is 13.1. The molecule has 0 atom stereocenters. The molecule has 1 N–H and O–H groups in total. The number of benzene rings is 2. The van der Waals surface area contributed by atoms with E-state index in [0.29, 0.717) is 17.4 Å². The molecule has 0 saturated carbocycles. The van der Waals surface area contributed by atoms with Gasteiger partial charge in [0.1, 0.15) is 17.3 Å². The summed E-state index contributed by atoms with van der Waals surface area (Å²) in [6, 6.07) is 11.9. The number of aromatic nitrogens is 1. The number of nitrogens with zero attached hydrogens (tertiary/aromatic N) is 1. The Labute approximate surface area is 137 Å². The van der Waals surface area contributed by atoms with Crippen LogP contribution in [0.1, 0.15) is 23.0 Å². The maximum atomic E-state index is 13.4. The van der Waals surface area contributed by atoms with E-state index in [1.807, 2.05) is 0 Å². The molecule has 0 amide bonds. The first-order valence-electron chi connectivity index (χ1n) is 7.55. The summed E-state index contributed by atoms with van der Waals surface area (Å²) in [5.41, 5.74) is 4.88. The molecule has 1 aromatic heterocycles. The van der Waals surface area contributed by atoms with E-state index in [2.05, 4.69) is 5.43 Å².